The monoisotopic (exact) mass is 489 g/mol. The summed E-state index contributed by atoms with van der Waals surface area (Å²) in [6.07, 6.45) is 0. The van der Waals surface area contributed by atoms with E-state index in [0.717, 1.165) is 23.8 Å². The SMILES string of the molecule is CN=C(NCc1cccc(OCCOC)c1)NCC(C)c1cccs1.I. The number of rotatable bonds is 9. The first kappa shape index (κ1) is 22.7. The molecule has 0 aliphatic rings. The van der Waals surface area contributed by atoms with E-state index in [1.54, 1.807) is 25.5 Å². The van der Waals surface area contributed by atoms with Gasteiger partial charge in [-0.2, -0.15) is 0 Å². The van der Waals surface area contributed by atoms with Crippen LogP contribution in [0.15, 0.2) is 46.8 Å². The molecular formula is C19H28IN3O2S. The van der Waals surface area contributed by atoms with Gasteiger partial charge in [0, 0.05) is 38.0 Å². The number of hydrogen-bond acceptors (Lipinski definition) is 4. The molecule has 1 atom stereocenters. The van der Waals surface area contributed by atoms with E-state index in [0.29, 0.717) is 25.7 Å². The number of ether oxygens (including phenoxy) is 2. The van der Waals surface area contributed by atoms with Gasteiger partial charge in [-0.15, -0.1) is 35.3 Å². The van der Waals surface area contributed by atoms with Crippen LogP contribution in [0.4, 0.5) is 0 Å². The number of guanidine groups is 1. The van der Waals surface area contributed by atoms with Gasteiger partial charge in [0.1, 0.15) is 12.4 Å². The van der Waals surface area contributed by atoms with Gasteiger partial charge in [0.15, 0.2) is 5.96 Å². The van der Waals surface area contributed by atoms with Gasteiger partial charge in [-0.25, -0.2) is 0 Å². The highest BCUT2D eigenvalue weighted by atomic mass is 127. The number of nitrogens with zero attached hydrogens (tertiary/aromatic N) is 1. The summed E-state index contributed by atoms with van der Waals surface area (Å²) in [5.74, 6) is 2.11. The Morgan fingerprint density at radius 3 is 2.73 bits per heavy atom. The van der Waals surface area contributed by atoms with Crippen LogP contribution in [0.25, 0.3) is 0 Å². The Morgan fingerprint density at radius 1 is 1.19 bits per heavy atom. The molecule has 2 rings (SSSR count). The highest BCUT2D eigenvalue weighted by Gasteiger charge is 2.07. The first-order valence-corrected chi connectivity index (χ1v) is 9.29. The lowest BCUT2D eigenvalue weighted by Gasteiger charge is -2.15. The van der Waals surface area contributed by atoms with Crippen molar-refractivity contribution in [3.8, 4) is 5.75 Å². The van der Waals surface area contributed by atoms with Gasteiger partial charge in [0.25, 0.3) is 0 Å². The highest BCUT2D eigenvalue weighted by molar-refractivity contribution is 14.0. The summed E-state index contributed by atoms with van der Waals surface area (Å²) in [6, 6.07) is 12.3. The molecule has 1 aromatic heterocycles. The van der Waals surface area contributed by atoms with Crippen LogP contribution in [-0.4, -0.2) is 39.9 Å². The lowest BCUT2D eigenvalue weighted by Crippen LogP contribution is -2.38. The fourth-order valence-corrected chi connectivity index (χ4v) is 3.10. The molecule has 2 N–H and O–H groups in total. The summed E-state index contributed by atoms with van der Waals surface area (Å²) < 4.78 is 10.6. The number of aliphatic imine (C=N–C) groups is 1. The number of halogens is 1. The van der Waals surface area contributed by atoms with E-state index in [4.69, 9.17) is 9.47 Å². The smallest absolute Gasteiger partial charge is 0.191 e. The topological polar surface area (TPSA) is 54.9 Å². The second-order valence-corrected chi connectivity index (χ2v) is 6.69. The second kappa shape index (κ2) is 12.9. The maximum atomic E-state index is 5.64. The van der Waals surface area contributed by atoms with Crippen LogP contribution < -0.4 is 15.4 Å². The van der Waals surface area contributed by atoms with E-state index in [1.165, 1.54) is 4.88 Å². The molecule has 1 unspecified atom stereocenters. The zero-order chi connectivity index (χ0) is 17.9. The van der Waals surface area contributed by atoms with Crippen LogP contribution in [0, 0.1) is 0 Å². The molecule has 26 heavy (non-hydrogen) atoms. The number of hydrogen-bond donors (Lipinski definition) is 2. The average molecular weight is 489 g/mol. The normalized spacial score (nSPS) is 12.2. The minimum Gasteiger partial charge on any atom is -0.491 e. The van der Waals surface area contributed by atoms with Crippen LogP contribution in [-0.2, 0) is 11.3 Å². The highest BCUT2D eigenvalue weighted by Crippen LogP contribution is 2.19. The predicted molar refractivity (Wildman–Crippen MR) is 120 cm³/mol. The molecule has 0 saturated carbocycles. The Bertz CT molecular complexity index is 650. The number of benzene rings is 1. The fourth-order valence-electron chi connectivity index (χ4n) is 2.32. The molecule has 0 radical (unpaired) electrons. The molecule has 1 heterocycles. The van der Waals surface area contributed by atoms with E-state index in [-0.39, 0.29) is 24.0 Å². The van der Waals surface area contributed by atoms with E-state index >= 15 is 0 Å². The van der Waals surface area contributed by atoms with Crippen molar-refractivity contribution in [2.75, 3.05) is 33.9 Å². The lowest BCUT2D eigenvalue weighted by molar-refractivity contribution is 0.146. The Labute approximate surface area is 177 Å². The van der Waals surface area contributed by atoms with Gasteiger partial charge in [0.05, 0.1) is 6.61 Å². The molecule has 144 valence electrons. The van der Waals surface area contributed by atoms with E-state index in [9.17, 15) is 0 Å². The third-order valence-corrected chi connectivity index (χ3v) is 4.85. The van der Waals surface area contributed by atoms with Crippen molar-refractivity contribution >= 4 is 41.3 Å². The van der Waals surface area contributed by atoms with Crippen molar-refractivity contribution in [3.05, 3.63) is 52.2 Å². The Balaban J connectivity index is 0.00000338. The third-order valence-electron chi connectivity index (χ3n) is 3.74. The molecule has 5 nitrogen and oxygen atoms in total. The van der Waals surface area contributed by atoms with Crippen molar-refractivity contribution in [2.45, 2.75) is 19.4 Å². The summed E-state index contributed by atoms with van der Waals surface area (Å²) in [5, 5.41) is 8.84. The lowest BCUT2D eigenvalue weighted by atomic mass is 10.1. The summed E-state index contributed by atoms with van der Waals surface area (Å²) in [5.41, 5.74) is 1.14. The molecule has 2 aromatic rings. The number of thiophene rings is 1. The predicted octanol–water partition coefficient (Wildman–Crippen LogP) is 3.86. The third kappa shape index (κ3) is 7.92. The summed E-state index contributed by atoms with van der Waals surface area (Å²) >= 11 is 1.79. The molecule has 7 heteroatoms. The van der Waals surface area contributed by atoms with E-state index < -0.39 is 0 Å². The zero-order valence-electron chi connectivity index (χ0n) is 15.5. The minimum atomic E-state index is 0. The first-order valence-electron chi connectivity index (χ1n) is 8.41. The largest absolute Gasteiger partial charge is 0.491 e. The van der Waals surface area contributed by atoms with Crippen molar-refractivity contribution in [3.63, 3.8) is 0 Å². The maximum Gasteiger partial charge on any atom is 0.191 e. The van der Waals surface area contributed by atoms with E-state index in [1.807, 2.05) is 18.2 Å². The van der Waals surface area contributed by atoms with Crippen LogP contribution in [0.3, 0.4) is 0 Å². The summed E-state index contributed by atoms with van der Waals surface area (Å²) in [7, 11) is 3.46. The minimum absolute atomic E-state index is 0. The Morgan fingerprint density at radius 2 is 2.04 bits per heavy atom. The molecule has 0 aliphatic carbocycles. The molecule has 0 fully saturated rings. The van der Waals surface area contributed by atoms with Gasteiger partial charge >= 0.3 is 0 Å². The number of methoxy groups -OCH3 is 1. The molecule has 0 spiro atoms. The van der Waals surface area contributed by atoms with Crippen molar-refractivity contribution < 1.29 is 9.47 Å². The van der Waals surface area contributed by atoms with Crippen LogP contribution in [0.1, 0.15) is 23.3 Å². The number of nitrogens with one attached hydrogen (secondary N) is 2. The Kier molecular flexibility index (Phi) is 11.3. The average Bonchev–Trinajstić information content (AvgIpc) is 3.17. The first-order chi connectivity index (χ1) is 12.2. The van der Waals surface area contributed by atoms with Crippen LogP contribution >= 0.6 is 35.3 Å². The zero-order valence-corrected chi connectivity index (χ0v) is 18.7. The standard InChI is InChI=1S/C19H27N3O2S.HI/c1-15(18-8-5-11-25-18)13-21-19(20-2)22-14-16-6-4-7-17(12-16)24-10-9-23-3;/h4-8,11-12,15H,9-10,13-14H2,1-3H3,(H2,20,21,22);1H. The van der Waals surface area contributed by atoms with Gasteiger partial charge in [-0.05, 0) is 29.1 Å². The summed E-state index contributed by atoms with van der Waals surface area (Å²) in [4.78, 5) is 5.67. The Hall–Kier alpha value is -1.32. The van der Waals surface area contributed by atoms with Crippen LogP contribution in [0.5, 0.6) is 5.75 Å². The van der Waals surface area contributed by atoms with E-state index in [2.05, 4.69) is 46.1 Å². The molecule has 0 aliphatic heterocycles. The summed E-state index contributed by atoms with van der Waals surface area (Å²) in [6.45, 7) is 4.89. The van der Waals surface area contributed by atoms with Crippen molar-refractivity contribution in [1.29, 1.82) is 0 Å². The molecule has 0 amide bonds. The molecule has 1 aromatic carbocycles. The second-order valence-electron chi connectivity index (χ2n) is 5.71. The van der Waals surface area contributed by atoms with Crippen LogP contribution in [0.2, 0.25) is 0 Å². The van der Waals surface area contributed by atoms with Crippen molar-refractivity contribution in [1.82, 2.24) is 10.6 Å². The molecule has 0 bridgehead atoms. The quantitative estimate of drug-likeness (QED) is 0.243. The van der Waals surface area contributed by atoms with Gasteiger partial charge in [-0.3, -0.25) is 4.99 Å². The van der Waals surface area contributed by atoms with Crippen molar-refractivity contribution in [2.24, 2.45) is 4.99 Å². The maximum absolute atomic E-state index is 5.64. The molecular weight excluding hydrogens is 461 g/mol. The van der Waals surface area contributed by atoms with Gasteiger partial charge < -0.3 is 20.1 Å². The fraction of sp³-hybridized carbons (Fsp3) is 0.421. The van der Waals surface area contributed by atoms with Gasteiger partial charge in [0.2, 0.25) is 0 Å². The molecule has 0 saturated heterocycles. The van der Waals surface area contributed by atoms with Gasteiger partial charge in [-0.1, -0.05) is 25.1 Å².